The number of nitrogens with two attached hydrogens (primary N) is 1. The Morgan fingerprint density at radius 1 is 1.00 bits per heavy atom. The normalized spacial score (nSPS) is 25.0. The van der Waals surface area contributed by atoms with Crippen molar-refractivity contribution in [2.45, 2.75) is 25.7 Å². The second kappa shape index (κ2) is 5.94. The fraction of sp³-hybridized carbons (Fsp3) is 0.917. The number of rotatable bonds is 4. The highest BCUT2D eigenvalue weighted by atomic mass is 32.1. The van der Waals surface area contributed by atoms with E-state index in [1.54, 1.807) is 0 Å². The molecule has 0 aliphatic carbocycles. The molecule has 0 aromatic rings. The van der Waals surface area contributed by atoms with Gasteiger partial charge in [-0.1, -0.05) is 12.2 Å². The first kappa shape index (κ1) is 12.3. The van der Waals surface area contributed by atoms with E-state index in [1.165, 1.54) is 52.1 Å². The molecule has 4 heteroatoms. The lowest BCUT2D eigenvalue weighted by atomic mass is 9.97. The van der Waals surface area contributed by atoms with Gasteiger partial charge in [0, 0.05) is 19.0 Å². The lowest BCUT2D eigenvalue weighted by molar-refractivity contribution is 0.183. The van der Waals surface area contributed by atoms with Crippen LogP contribution in [0, 0.1) is 5.92 Å². The van der Waals surface area contributed by atoms with Crippen molar-refractivity contribution in [2.75, 3.05) is 39.3 Å². The predicted molar refractivity (Wildman–Crippen MR) is 71.6 cm³/mol. The largest absolute Gasteiger partial charge is 0.393 e. The van der Waals surface area contributed by atoms with Crippen LogP contribution in [0.3, 0.4) is 0 Å². The van der Waals surface area contributed by atoms with E-state index in [0.29, 0.717) is 5.92 Å². The molecule has 2 heterocycles. The van der Waals surface area contributed by atoms with E-state index in [4.69, 9.17) is 18.0 Å². The van der Waals surface area contributed by atoms with Gasteiger partial charge in [0.1, 0.15) is 0 Å². The van der Waals surface area contributed by atoms with Crippen LogP contribution in [-0.2, 0) is 0 Å². The Balaban J connectivity index is 1.63. The second-order valence-corrected chi connectivity index (χ2v) is 5.54. The fourth-order valence-electron chi connectivity index (χ4n) is 2.73. The molecule has 2 N–H and O–H groups in total. The molecule has 2 aliphatic heterocycles. The molecule has 0 spiro atoms. The van der Waals surface area contributed by atoms with Gasteiger partial charge in [0.25, 0.3) is 0 Å². The van der Waals surface area contributed by atoms with Crippen LogP contribution < -0.4 is 5.73 Å². The Kier molecular flexibility index (Phi) is 4.55. The third-order valence-electron chi connectivity index (χ3n) is 3.92. The maximum atomic E-state index is 5.69. The Morgan fingerprint density at radius 3 is 2.00 bits per heavy atom. The minimum absolute atomic E-state index is 0.498. The molecule has 0 atom stereocenters. The van der Waals surface area contributed by atoms with Crippen molar-refractivity contribution in [1.82, 2.24) is 9.80 Å². The Bertz CT molecular complexity index is 230. The molecule has 2 aliphatic rings. The number of hydrogen-bond donors (Lipinski definition) is 1. The average molecular weight is 241 g/mol. The highest BCUT2D eigenvalue weighted by Gasteiger charge is 2.21. The van der Waals surface area contributed by atoms with Gasteiger partial charge in [0.2, 0.25) is 0 Å². The van der Waals surface area contributed by atoms with Crippen molar-refractivity contribution in [3.8, 4) is 0 Å². The van der Waals surface area contributed by atoms with Crippen LogP contribution in [0.2, 0.25) is 0 Å². The molecule has 16 heavy (non-hydrogen) atoms. The van der Waals surface area contributed by atoms with Crippen molar-refractivity contribution in [2.24, 2.45) is 11.7 Å². The molecule has 3 nitrogen and oxygen atoms in total. The summed E-state index contributed by atoms with van der Waals surface area (Å²) in [5.41, 5.74) is 5.69. The summed E-state index contributed by atoms with van der Waals surface area (Å²) in [5, 5.41) is 0. The van der Waals surface area contributed by atoms with Crippen LogP contribution in [0.15, 0.2) is 0 Å². The molecule has 2 saturated heterocycles. The molecular weight excluding hydrogens is 218 g/mol. The minimum atomic E-state index is 0.498. The summed E-state index contributed by atoms with van der Waals surface area (Å²) in [4.78, 5) is 5.87. The van der Waals surface area contributed by atoms with Gasteiger partial charge in [-0.15, -0.1) is 0 Å². The molecule has 0 unspecified atom stereocenters. The number of nitrogens with zero attached hydrogens (tertiary/aromatic N) is 2. The van der Waals surface area contributed by atoms with Crippen LogP contribution in [0.1, 0.15) is 25.7 Å². The zero-order chi connectivity index (χ0) is 11.4. The summed E-state index contributed by atoms with van der Waals surface area (Å²) in [5.74, 6) is 0.498. The first-order chi connectivity index (χ1) is 7.75. The van der Waals surface area contributed by atoms with Gasteiger partial charge in [-0.3, -0.25) is 0 Å². The number of thiocarbonyl (C=S) groups is 1. The summed E-state index contributed by atoms with van der Waals surface area (Å²) in [7, 11) is 0. The summed E-state index contributed by atoms with van der Waals surface area (Å²) in [6, 6.07) is 0. The SMILES string of the molecule is NC(=S)C1CCN(CCN2CCCC2)CC1. The maximum Gasteiger partial charge on any atom is 0.0759 e. The molecule has 0 bridgehead atoms. The van der Waals surface area contributed by atoms with E-state index in [-0.39, 0.29) is 0 Å². The summed E-state index contributed by atoms with van der Waals surface area (Å²) in [6.45, 7) is 7.44. The topological polar surface area (TPSA) is 32.5 Å². The van der Waals surface area contributed by atoms with Crippen molar-refractivity contribution in [1.29, 1.82) is 0 Å². The molecule has 0 radical (unpaired) electrons. The van der Waals surface area contributed by atoms with E-state index in [0.717, 1.165) is 17.8 Å². The third kappa shape index (κ3) is 3.40. The highest BCUT2D eigenvalue weighted by Crippen LogP contribution is 2.17. The van der Waals surface area contributed by atoms with Crippen LogP contribution in [0.25, 0.3) is 0 Å². The van der Waals surface area contributed by atoms with Gasteiger partial charge in [0.05, 0.1) is 4.99 Å². The van der Waals surface area contributed by atoms with Gasteiger partial charge < -0.3 is 15.5 Å². The molecule has 0 aromatic heterocycles. The van der Waals surface area contributed by atoms with Crippen molar-refractivity contribution < 1.29 is 0 Å². The first-order valence-electron chi connectivity index (χ1n) is 6.50. The van der Waals surface area contributed by atoms with E-state index in [1.807, 2.05) is 0 Å². The summed E-state index contributed by atoms with van der Waals surface area (Å²) >= 11 is 5.06. The van der Waals surface area contributed by atoms with Gasteiger partial charge in [-0.05, 0) is 51.9 Å². The number of hydrogen-bond acceptors (Lipinski definition) is 3. The van der Waals surface area contributed by atoms with E-state index < -0.39 is 0 Å². The molecule has 0 saturated carbocycles. The molecule has 2 fully saturated rings. The third-order valence-corrected chi connectivity index (χ3v) is 4.25. The van der Waals surface area contributed by atoms with Crippen LogP contribution >= 0.6 is 12.2 Å². The second-order valence-electron chi connectivity index (χ2n) is 5.07. The number of piperidine rings is 1. The molecule has 0 aromatic carbocycles. The monoisotopic (exact) mass is 241 g/mol. The fourth-order valence-corrected chi connectivity index (χ4v) is 2.97. The minimum Gasteiger partial charge on any atom is -0.393 e. The van der Waals surface area contributed by atoms with Gasteiger partial charge in [0.15, 0.2) is 0 Å². The highest BCUT2D eigenvalue weighted by molar-refractivity contribution is 7.80. The average Bonchev–Trinajstić information content (AvgIpc) is 2.80. The zero-order valence-corrected chi connectivity index (χ0v) is 10.8. The Labute approximate surface area is 104 Å². The lowest BCUT2D eigenvalue weighted by Crippen LogP contribution is -2.41. The molecule has 92 valence electrons. The first-order valence-corrected chi connectivity index (χ1v) is 6.90. The van der Waals surface area contributed by atoms with Crippen molar-refractivity contribution in [3.63, 3.8) is 0 Å². The van der Waals surface area contributed by atoms with Crippen LogP contribution in [0.4, 0.5) is 0 Å². The maximum absolute atomic E-state index is 5.69. The van der Waals surface area contributed by atoms with E-state index in [9.17, 15) is 0 Å². The van der Waals surface area contributed by atoms with E-state index in [2.05, 4.69) is 9.80 Å². The lowest BCUT2D eigenvalue weighted by Gasteiger charge is -2.32. The van der Waals surface area contributed by atoms with Gasteiger partial charge in [-0.25, -0.2) is 0 Å². The molecule has 2 rings (SSSR count). The number of likely N-dealkylation sites (tertiary alicyclic amines) is 2. The van der Waals surface area contributed by atoms with Gasteiger partial charge in [-0.2, -0.15) is 0 Å². The zero-order valence-electron chi connectivity index (χ0n) is 10.0. The molecule has 0 amide bonds. The Morgan fingerprint density at radius 2 is 1.50 bits per heavy atom. The smallest absolute Gasteiger partial charge is 0.0759 e. The van der Waals surface area contributed by atoms with Crippen LogP contribution in [0.5, 0.6) is 0 Å². The summed E-state index contributed by atoms with van der Waals surface area (Å²) < 4.78 is 0. The molecular formula is C12H23N3S. The van der Waals surface area contributed by atoms with E-state index >= 15 is 0 Å². The Hall–Kier alpha value is -0.190. The van der Waals surface area contributed by atoms with Crippen molar-refractivity contribution >= 4 is 17.2 Å². The summed E-state index contributed by atoms with van der Waals surface area (Å²) in [6.07, 6.45) is 5.11. The van der Waals surface area contributed by atoms with Crippen molar-refractivity contribution in [3.05, 3.63) is 0 Å². The predicted octanol–water partition coefficient (Wildman–Crippen LogP) is 1.08. The quantitative estimate of drug-likeness (QED) is 0.747. The van der Waals surface area contributed by atoms with Gasteiger partial charge >= 0.3 is 0 Å². The standard InChI is InChI=1S/C12H23N3S/c13-12(16)11-3-7-15(8-4-11)10-9-14-5-1-2-6-14/h11H,1-10H2,(H2,13,16). The van der Waals surface area contributed by atoms with Crippen LogP contribution in [-0.4, -0.2) is 54.1 Å².